The lowest BCUT2D eigenvalue weighted by molar-refractivity contribution is 0.0981. The summed E-state index contributed by atoms with van der Waals surface area (Å²) in [5, 5.41) is 5.26. The highest BCUT2D eigenvalue weighted by Gasteiger charge is 2.25. The Labute approximate surface area is 207 Å². The van der Waals surface area contributed by atoms with Gasteiger partial charge in [0.1, 0.15) is 5.76 Å². The van der Waals surface area contributed by atoms with E-state index in [1.807, 2.05) is 18.3 Å². The predicted molar refractivity (Wildman–Crippen MR) is 143 cm³/mol. The number of aryl methyl sites for hydroxylation is 1. The van der Waals surface area contributed by atoms with Gasteiger partial charge in [-0.2, -0.15) is 0 Å². The Kier molecular flexibility index (Phi) is 5.74. The minimum absolute atomic E-state index is 0.178. The quantitative estimate of drug-likeness (QED) is 0.157. The summed E-state index contributed by atoms with van der Waals surface area (Å²) in [5.41, 5.74) is 6.02. The lowest BCUT2D eigenvalue weighted by atomic mass is 9.99. The smallest absolute Gasteiger partial charge is 0.188 e. The van der Waals surface area contributed by atoms with Crippen molar-refractivity contribution in [2.45, 2.75) is 38.5 Å². The van der Waals surface area contributed by atoms with Crippen molar-refractivity contribution in [1.29, 1.82) is 0 Å². The first-order valence-electron chi connectivity index (χ1n) is 12.2. The first-order valence-corrected chi connectivity index (χ1v) is 13.0. The van der Waals surface area contributed by atoms with Crippen LogP contribution in [0.15, 0.2) is 77.7 Å². The topological polar surface area (TPSA) is 70.9 Å². The van der Waals surface area contributed by atoms with Crippen molar-refractivity contribution in [3.05, 3.63) is 84.6 Å². The van der Waals surface area contributed by atoms with Crippen LogP contribution in [-0.4, -0.2) is 15.8 Å². The van der Waals surface area contributed by atoms with Gasteiger partial charge < -0.3 is 14.7 Å². The van der Waals surface area contributed by atoms with Crippen LogP contribution in [0.2, 0.25) is 0 Å². The van der Waals surface area contributed by atoms with Gasteiger partial charge in [0.2, 0.25) is 0 Å². The van der Waals surface area contributed by atoms with Crippen molar-refractivity contribution in [2.24, 2.45) is 5.92 Å². The number of aromatic amines is 1. The molecule has 6 heteroatoms. The zero-order valence-corrected chi connectivity index (χ0v) is 20.3. The van der Waals surface area contributed by atoms with E-state index in [2.05, 4.69) is 53.3 Å². The highest BCUT2D eigenvalue weighted by molar-refractivity contribution is 7.22. The van der Waals surface area contributed by atoms with Crippen LogP contribution < -0.4 is 5.32 Å². The van der Waals surface area contributed by atoms with Gasteiger partial charge in [-0.25, -0.2) is 4.98 Å². The molecule has 5 aromatic rings. The van der Waals surface area contributed by atoms with Gasteiger partial charge in [-0.3, -0.25) is 4.79 Å². The third-order valence-corrected chi connectivity index (χ3v) is 7.63. The average molecular weight is 482 g/mol. The zero-order valence-electron chi connectivity index (χ0n) is 19.5. The van der Waals surface area contributed by atoms with Crippen molar-refractivity contribution >= 4 is 43.4 Å². The maximum Gasteiger partial charge on any atom is 0.188 e. The molecule has 5 nitrogen and oxygen atoms in total. The Morgan fingerprint density at radius 1 is 1.14 bits per heavy atom. The van der Waals surface area contributed by atoms with Crippen molar-refractivity contribution in [3.8, 4) is 11.1 Å². The molecule has 0 spiro atoms. The number of carbonyl (C=O) groups excluding carboxylic acids is 1. The molecule has 0 atom stereocenters. The molecule has 1 fully saturated rings. The minimum atomic E-state index is 0.178. The molecular weight excluding hydrogens is 454 g/mol. The van der Waals surface area contributed by atoms with Gasteiger partial charge >= 0.3 is 0 Å². The van der Waals surface area contributed by atoms with Crippen LogP contribution in [0.4, 0.5) is 5.13 Å². The fraction of sp³-hybridized carbons (Fsp3) is 0.241. The number of carbonyl (C=O) groups is 1. The summed E-state index contributed by atoms with van der Waals surface area (Å²) in [6.07, 6.45) is 9.16. The Morgan fingerprint density at radius 3 is 2.83 bits per heavy atom. The van der Waals surface area contributed by atoms with Gasteiger partial charge in [-0.05, 0) is 79.1 Å². The van der Waals surface area contributed by atoms with Crippen molar-refractivity contribution in [2.75, 3.05) is 5.32 Å². The first kappa shape index (κ1) is 21.9. The van der Waals surface area contributed by atoms with Crippen LogP contribution in [-0.2, 0) is 6.42 Å². The molecular formula is C29H27N3O2S. The van der Waals surface area contributed by atoms with Crippen molar-refractivity contribution in [3.63, 3.8) is 0 Å². The van der Waals surface area contributed by atoms with Gasteiger partial charge in [0, 0.05) is 41.2 Å². The summed E-state index contributed by atoms with van der Waals surface area (Å²) in [7, 11) is 0. The Bertz CT molecular complexity index is 1520. The largest absolute Gasteiger partial charge is 0.469 e. The molecule has 0 unspecified atom stereocenters. The van der Waals surface area contributed by atoms with E-state index < -0.39 is 0 Å². The number of rotatable bonds is 10. The number of ketones is 1. The van der Waals surface area contributed by atoms with Crippen LogP contribution in [0.25, 0.3) is 32.2 Å². The highest BCUT2D eigenvalue weighted by Crippen LogP contribution is 2.38. The number of anilines is 1. The molecule has 3 aromatic heterocycles. The number of H-pyrrole nitrogens is 1. The van der Waals surface area contributed by atoms with Crippen LogP contribution in [0.5, 0.6) is 0 Å². The van der Waals surface area contributed by atoms with E-state index in [0.29, 0.717) is 12.3 Å². The number of furan rings is 1. The minimum Gasteiger partial charge on any atom is -0.469 e. The zero-order chi connectivity index (χ0) is 23.8. The number of hydrogen-bond acceptors (Lipinski definition) is 5. The van der Waals surface area contributed by atoms with Gasteiger partial charge in [-0.1, -0.05) is 30.0 Å². The van der Waals surface area contributed by atoms with Crippen LogP contribution in [0.3, 0.4) is 0 Å². The van der Waals surface area contributed by atoms with E-state index in [4.69, 9.17) is 9.40 Å². The van der Waals surface area contributed by atoms with Crippen molar-refractivity contribution < 1.29 is 9.21 Å². The number of Topliss-reactive ketones (excluding diaryl/α,β-unsaturated/α-hetero) is 1. The Hall–Kier alpha value is -3.64. The number of thiazole rings is 1. The fourth-order valence-corrected chi connectivity index (χ4v) is 5.47. The fourth-order valence-electron chi connectivity index (χ4n) is 4.53. The predicted octanol–water partition coefficient (Wildman–Crippen LogP) is 7.97. The first-order chi connectivity index (χ1) is 17.1. The summed E-state index contributed by atoms with van der Waals surface area (Å²) in [5.74, 6) is 1.75. The summed E-state index contributed by atoms with van der Waals surface area (Å²) >= 11 is 1.65. The van der Waals surface area contributed by atoms with E-state index >= 15 is 0 Å². The second kappa shape index (κ2) is 9.19. The Balaban J connectivity index is 1.19. The number of benzene rings is 2. The number of fused-ring (bicyclic) bond motifs is 2. The van der Waals surface area contributed by atoms with E-state index in [1.54, 1.807) is 17.6 Å². The molecule has 2 aromatic carbocycles. The van der Waals surface area contributed by atoms with Crippen LogP contribution in [0, 0.1) is 5.92 Å². The molecule has 3 heterocycles. The highest BCUT2D eigenvalue weighted by atomic mass is 32.1. The number of hydrogen-bond donors (Lipinski definition) is 2. The second-order valence-electron chi connectivity index (χ2n) is 9.30. The number of allylic oxidation sites excluding steroid dienone is 1. The summed E-state index contributed by atoms with van der Waals surface area (Å²) in [4.78, 5) is 21.0. The molecule has 176 valence electrons. The third kappa shape index (κ3) is 4.66. The molecule has 1 aliphatic rings. The average Bonchev–Trinajstić information content (AvgIpc) is 3.25. The molecule has 2 N–H and O–H groups in total. The number of aromatic nitrogens is 2. The Morgan fingerprint density at radius 2 is 2.00 bits per heavy atom. The van der Waals surface area contributed by atoms with Crippen LogP contribution in [0.1, 0.15) is 48.2 Å². The molecule has 0 amide bonds. The summed E-state index contributed by atoms with van der Waals surface area (Å²) < 4.78 is 6.52. The standard InChI is InChI=1S/C29H27N3O2S/c1-18(19-8-9-19)31-29-32-26-13-11-21(16-28(26)35-29)20-10-12-25-23(15-20)24(17-30-25)27(33)7-3-2-5-22-6-4-14-34-22/h4,6,10-17,19,30H,1-3,5,7-9H2,(H,31,32). The lowest BCUT2D eigenvalue weighted by Gasteiger charge is -2.04. The molecule has 0 saturated heterocycles. The maximum atomic E-state index is 13.0. The molecule has 1 aliphatic carbocycles. The van der Waals surface area contributed by atoms with E-state index in [9.17, 15) is 4.79 Å². The molecule has 35 heavy (non-hydrogen) atoms. The second-order valence-corrected chi connectivity index (χ2v) is 10.3. The number of nitrogens with one attached hydrogen (secondary N) is 2. The van der Waals surface area contributed by atoms with E-state index in [-0.39, 0.29) is 5.78 Å². The molecule has 0 aliphatic heterocycles. The number of unbranched alkanes of at least 4 members (excludes halogenated alkanes) is 1. The summed E-state index contributed by atoms with van der Waals surface area (Å²) in [6, 6.07) is 16.5. The van der Waals surface area contributed by atoms with E-state index in [0.717, 1.165) is 73.7 Å². The lowest BCUT2D eigenvalue weighted by Crippen LogP contribution is -1.98. The van der Waals surface area contributed by atoms with Crippen LogP contribution >= 0.6 is 11.3 Å². The number of nitrogens with zero attached hydrogens (tertiary/aromatic N) is 1. The third-order valence-electron chi connectivity index (χ3n) is 6.70. The van der Waals surface area contributed by atoms with Gasteiger partial charge in [0.05, 0.1) is 16.5 Å². The van der Waals surface area contributed by atoms with E-state index in [1.165, 1.54) is 12.8 Å². The van der Waals surface area contributed by atoms with Gasteiger partial charge in [0.15, 0.2) is 10.9 Å². The van der Waals surface area contributed by atoms with Gasteiger partial charge in [-0.15, -0.1) is 0 Å². The normalized spacial score (nSPS) is 13.5. The maximum absolute atomic E-state index is 13.0. The molecule has 6 rings (SSSR count). The molecule has 0 bridgehead atoms. The monoisotopic (exact) mass is 481 g/mol. The molecule has 0 radical (unpaired) electrons. The van der Waals surface area contributed by atoms with Crippen molar-refractivity contribution in [1.82, 2.24) is 9.97 Å². The SMILES string of the molecule is C=C(Nc1nc2ccc(-c3ccc4[nH]cc(C(=O)CCCCc5ccco5)c4c3)cc2s1)C1CC1. The summed E-state index contributed by atoms with van der Waals surface area (Å²) in [6.45, 7) is 4.15. The molecule has 1 saturated carbocycles. The van der Waals surface area contributed by atoms with Gasteiger partial charge in [0.25, 0.3) is 0 Å².